The highest BCUT2D eigenvalue weighted by atomic mass is 16.5. The van der Waals surface area contributed by atoms with Crippen molar-refractivity contribution in [1.29, 1.82) is 0 Å². The van der Waals surface area contributed by atoms with Gasteiger partial charge in [0.05, 0.1) is 7.11 Å². The zero-order valence-electron chi connectivity index (χ0n) is 8.88. The van der Waals surface area contributed by atoms with E-state index in [1.54, 1.807) is 12.1 Å². The second kappa shape index (κ2) is 4.17. The van der Waals surface area contributed by atoms with Crippen LogP contribution < -0.4 is 4.74 Å². The molecule has 0 amide bonds. The van der Waals surface area contributed by atoms with Crippen LogP contribution in [0, 0.1) is 0 Å². The lowest BCUT2D eigenvalue weighted by atomic mass is 10.1. The molecule has 2 aromatic rings. The minimum absolute atomic E-state index is 0.0510. The lowest BCUT2D eigenvalue weighted by Gasteiger charge is -2.06. The number of aromatic carboxylic acids is 1. The fraction of sp³-hybridized carbons (Fsp3) is 0.0909. The van der Waals surface area contributed by atoms with E-state index in [0.29, 0.717) is 5.56 Å². The number of methoxy groups -OCH3 is 1. The average Bonchev–Trinajstić information content (AvgIpc) is 2.77. The first-order valence-corrected chi connectivity index (χ1v) is 4.70. The molecule has 2 rings (SSSR count). The summed E-state index contributed by atoms with van der Waals surface area (Å²) in [6.07, 6.45) is 0. The van der Waals surface area contributed by atoms with Crippen molar-refractivity contribution in [3.63, 3.8) is 0 Å². The maximum atomic E-state index is 10.7. The van der Waals surface area contributed by atoms with Gasteiger partial charge in [-0.1, -0.05) is 11.2 Å². The second-order valence-corrected chi connectivity index (χ2v) is 3.24. The normalized spacial score (nSPS) is 10.2. The van der Waals surface area contributed by atoms with Crippen LogP contribution in [0.15, 0.2) is 28.8 Å². The molecule has 0 unspecified atom stereocenters. The number of rotatable bonds is 3. The van der Waals surface area contributed by atoms with Crippen LogP contribution in [0.3, 0.4) is 0 Å². The van der Waals surface area contributed by atoms with Crippen molar-refractivity contribution >= 4 is 5.97 Å². The molecule has 0 aliphatic carbocycles. The number of carboxylic acid groups (broad SMARTS) is 1. The molecule has 1 aromatic carbocycles. The number of para-hydroxylation sites is 1. The van der Waals surface area contributed by atoms with E-state index in [-0.39, 0.29) is 23.0 Å². The van der Waals surface area contributed by atoms with Gasteiger partial charge in [0.25, 0.3) is 0 Å². The van der Waals surface area contributed by atoms with E-state index in [2.05, 4.69) is 9.68 Å². The number of carboxylic acids is 1. The van der Waals surface area contributed by atoms with Crippen molar-refractivity contribution in [2.75, 3.05) is 7.11 Å². The first kappa shape index (κ1) is 11.0. The van der Waals surface area contributed by atoms with Crippen molar-refractivity contribution < 1.29 is 24.3 Å². The highest BCUT2D eigenvalue weighted by Crippen LogP contribution is 2.36. The van der Waals surface area contributed by atoms with Gasteiger partial charge in [-0.3, -0.25) is 0 Å². The van der Waals surface area contributed by atoms with Crippen LogP contribution in [0.25, 0.3) is 11.3 Å². The van der Waals surface area contributed by atoms with Gasteiger partial charge in [-0.05, 0) is 12.1 Å². The monoisotopic (exact) mass is 235 g/mol. The van der Waals surface area contributed by atoms with Gasteiger partial charge in [0.1, 0.15) is 5.69 Å². The summed E-state index contributed by atoms with van der Waals surface area (Å²) in [5.41, 5.74) is 0.749. The van der Waals surface area contributed by atoms with Gasteiger partial charge >= 0.3 is 5.97 Å². The number of aromatic nitrogens is 1. The molecule has 0 saturated heterocycles. The van der Waals surface area contributed by atoms with E-state index in [9.17, 15) is 9.90 Å². The zero-order valence-corrected chi connectivity index (χ0v) is 8.88. The molecule has 0 fully saturated rings. The number of aromatic hydroxyl groups is 1. The number of hydrogen-bond acceptors (Lipinski definition) is 5. The third-order valence-electron chi connectivity index (χ3n) is 2.20. The molecule has 0 atom stereocenters. The molecule has 6 nitrogen and oxygen atoms in total. The summed E-state index contributed by atoms with van der Waals surface area (Å²) in [5.74, 6) is -1.31. The maximum absolute atomic E-state index is 10.7. The summed E-state index contributed by atoms with van der Waals surface area (Å²) >= 11 is 0. The number of phenols is 1. The van der Waals surface area contributed by atoms with E-state index in [1.165, 1.54) is 19.2 Å². The Kier molecular flexibility index (Phi) is 2.70. The predicted molar refractivity (Wildman–Crippen MR) is 57.1 cm³/mol. The zero-order chi connectivity index (χ0) is 12.4. The number of benzene rings is 1. The van der Waals surface area contributed by atoms with Crippen molar-refractivity contribution in [2.24, 2.45) is 0 Å². The van der Waals surface area contributed by atoms with Gasteiger partial charge in [-0.15, -0.1) is 0 Å². The number of phenolic OH excluding ortho intramolecular Hbond substituents is 1. The van der Waals surface area contributed by atoms with Crippen molar-refractivity contribution in [2.45, 2.75) is 0 Å². The molecule has 0 radical (unpaired) electrons. The Morgan fingerprint density at radius 2 is 2.24 bits per heavy atom. The lowest BCUT2D eigenvalue weighted by Crippen LogP contribution is -1.92. The van der Waals surface area contributed by atoms with Crippen LogP contribution in [0.5, 0.6) is 11.5 Å². The SMILES string of the molecule is COc1c(O)cccc1-c1cc(C(=O)O)on1. The maximum Gasteiger partial charge on any atom is 0.374 e. The molecular weight excluding hydrogens is 226 g/mol. The Labute approximate surface area is 96.0 Å². The Bertz CT molecular complexity index is 561. The largest absolute Gasteiger partial charge is 0.504 e. The molecule has 1 heterocycles. The molecule has 0 saturated carbocycles. The molecule has 2 N–H and O–H groups in total. The predicted octanol–water partition coefficient (Wildman–Crippen LogP) is 1.75. The van der Waals surface area contributed by atoms with Crippen LogP contribution >= 0.6 is 0 Å². The first-order chi connectivity index (χ1) is 8.13. The number of ether oxygens (including phenoxy) is 1. The Hall–Kier alpha value is -2.50. The van der Waals surface area contributed by atoms with Gasteiger partial charge in [-0.25, -0.2) is 4.79 Å². The smallest absolute Gasteiger partial charge is 0.374 e. The van der Waals surface area contributed by atoms with Crippen LogP contribution in [0.1, 0.15) is 10.6 Å². The van der Waals surface area contributed by atoms with Crippen LogP contribution in [-0.4, -0.2) is 28.4 Å². The van der Waals surface area contributed by atoms with E-state index in [4.69, 9.17) is 9.84 Å². The van der Waals surface area contributed by atoms with Gasteiger partial charge in [0, 0.05) is 11.6 Å². The number of carbonyl (C=O) groups is 1. The fourth-order valence-corrected chi connectivity index (χ4v) is 1.44. The van der Waals surface area contributed by atoms with Gasteiger partial charge < -0.3 is 19.5 Å². The van der Waals surface area contributed by atoms with Gasteiger partial charge in [-0.2, -0.15) is 0 Å². The topological polar surface area (TPSA) is 92.8 Å². The molecule has 88 valence electrons. The van der Waals surface area contributed by atoms with Crippen LogP contribution in [0.4, 0.5) is 0 Å². The molecule has 0 spiro atoms. The van der Waals surface area contributed by atoms with E-state index >= 15 is 0 Å². The minimum atomic E-state index is -1.21. The Balaban J connectivity index is 2.52. The van der Waals surface area contributed by atoms with Gasteiger partial charge in [0.2, 0.25) is 5.76 Å². The number of nitrogens with zero attached hydrogens (tertiary/aromatic N) is 1. The third-order valence-corrected chi connectivity index (χ3v) is 2.20. The molecule has 6 heteroatoms. The molecular formula is C11H9NO5. The molecule has 0 aliphatic rings. The van der Waals surface area contributed by atoms with Crippen molar-refractivity contribution in [3.05, 3.63) is 30.0 Å². The summed E-state index contributed by atoms with van der Waals surface area (Å²) in [7, 11) is 1.40. The standard InChI is InChI=1S/C11H9NO5/c1-16-10-6(3-2-4-8(10)13)7-5-9(11(14)15)17-12-7/h2-5,13H,1H3,(H,14,15). The lowest BCUT2D eigenvalue weighted by molar-refractivity contribution is 0.0652. The Morgan fingerprint density at radius 1 is 1.47 bits per heavy atom. The minimum Gasteiger partial charge on any atom is -0.504 e. The van der Waals surface area contributed by atoms with Gasteiger partial charge in [0.15, 0.2) is 11.5 Å². The molecule has 1 aromatic heterocycles. The molecule has 0 bridgehead atoms. The average molecular weight is 235 g/mol. The summed E-state index contributed by atoms with van der Waals surface area (Å²) in [6.45, 7) is 0. The highest BCUT2D eigenvalue weighted by molar-refractivity contribution is 5.86. The van der Waals surface area contributed by atoms with E-state index in [0.717, 1.165) is 0 Å². The second-order valence-electron chi connectivity index (χ2n) is 3.24. The summed E-state index contributed by atoms with van der Waals surface area (Å²) in [5, 5.41) is 21.9. The van der Waals surface area contributed by atoms with Crippen LogP contribution in [0.2, 0.25) is 0 Å². The fourth-order valence-electron chi connectivity index (χ4n) is 1.44. The summed E-state index contributed by atoms with van der Waals surface area (Å²) < 4.78 is 9.65. The highest BCUT2D eigenvalue weighted by Gasteiger charge is 2.16. The van der Waals surface area contributed by atoms with E-state index in [1.807, 2.05) is 0 Å². The summed E-state index contributed by atoms with van der Waals surface area (Å²) in [6, 6.07) is 5.96. The Morgan fingerprint density at radius 3 is 2.82 bits per heavy atom. The molecule has 17 heavy (non-hydrogen) atoms. The van der Waals surface area contributed by atoms with Crippen molar-refractivity contribution in [3.8, 4) is 22.8 Å². The van der Waals surface area contributed by atoms with Crippen molar-refractivity contribution in [1.82, 2.24) is 5.16 Å². The molecule has 0 aliphatic heterocycles. The first-order valence-electron chi connectivity index (χ1n) is 4.70. The van der Waals surface area contributed by atoms with E-state index < -0.39 is 5.97 Å². The van der Waals surface area contributed by atoms with Crippen LogP contribution in [-0.2, 0) is 0 Å². The number of hydrogen-bond donors (Lipinski definition) is 2. The third kappa shape index (κ3) is 1.92. The quantitative estimate of drug-likeness (QED) is 0.841. The summed E-state index contributed by atoms with van der Waals surface area (Å²) in [4.78, 5) is 10.7.